The van der Waals surface area contributed by atoms with Crippen LogP contribution in [0.25, 0.3) is 22.2 Å². The van der Waals surface area contributed by atoms with Gasteiger partial charge in [0.05, 0.1) is 18.3 Å². The van der Waals surface area contributed by atoms with Gasteiger partial charge in [-0.05, 0) is 86.5 Å². The van der Waals surface area contributed by atoms with Gasteiger partial charge in [0.25, 0.3) is 5.56 Å². The molecule has 30 heavy (non-hydrogen) atoms. The fraction of sp³-hybridized carbons (Fsp3) is 0.440. The molecule has 3 heterocycles. The van der Waals surface area contributed by atoms with Crippen molar-refractivity contribution in [3.05, 3.63) is 64.7 Å². The molecule has 1 unspecified atom stereocenters. The maximum Gasteiger partial charge on any atom is 0.255 e. The van der Waals surface area contributed by atoms with Crippen LogP contribution in [0, 0.1) is 5.92 Å². The Hall–Kier alpha value is -2.66. The molecule has 0 radical (unpaired) electrons. The number of aromatic nitrogens is 3. The van der Waals surface area contributed by atoms with Crippen LogP contribution in [0.2, 0.25) is 0 Å². The van der Waals surface area contributed by atoms with Gasteiger partial charge < -0.3 is 4.90 Å². The van der Waals surface area contributed by atoms with Crippen molar-refractivity contribution in [1.82, 2.24) is 19.2 Å². The number of pyridine rings is 1. The van der Waals surface area contributed by atoms with Crippen molar-refractivity contribution in [2.24, 2.45) is 5.92 Å². The van der Waals surface area contributed by atoms with E-state index in [2.05, 4.69) is 45.9 Å². The van der Waals surface area contributed by atoms with Gasteiger partial charge in [0.1, 0.15) is 0 Å². The SMILES string of the molecule is CC1CC=C(c2ccn(-c3ccc4c(cnn4CCN4CCCC4)c3)c(=O)c2)CC1. The van der Waals surface area contributed by atoms with Crippen molar-refractivity contribution in [3.63, 3.8) is 0 Å². The minimum absolute atomic E-state index is 0.0211. The summed E-state index contributed by atoms with van der Waals surface area (Å²) in [5, 5.41) is 5.67. The number of hydrogen-bond donors (Lipinski definition) is 0. The highest BCUT2D eigenvalue weighted by molar-refractivity contribution is 5.81. The second-order valence-electron chi connectivity index (χ2n) is 8.89. The molecule has 2 aromatic heterocycles. The lowest BCUT2D eigenvalue weighted by Crippen LogP contribution is -2.24. The van der Waals surface area contributed by atoms with Crippen molar-refractivity contribution < 1.29 is 0 Å². The summed E-state index contributed by atoms with van der Waals surface area (Å²) in [7, 11) is 0. The van der Waals surface area contributed by atoms with Gasteiger partial charge in [0, 0.05) is 29.9 Å². The van der Waals surface area contributed by atoms with E-state index in [9.17, 15) is 4.79 Å². The average Bonchev–Trinajstić information content (AvgIpc) is 3.42. The minimum atomic E-state index is 0.0211. The lowest BCUT2D eigenvalue weighted by atomic mass is 9.88. The van der Waals surface area contributed by atoms with Gasteiger partial charge in [-0.15, -0.1) is 0 Å². The van der Waals surface area contributed by atoms with E-state index in [-0.39, 0.29) is 5.56 Å². The quantitative estimate of drug-likeness (QED) is 0.632. The number of rotatable bonds is 5. The third-order valence-corrected chi connectivity index (χ3v) is 6.69. The first-order valence-electron chi connectivity index (χ1n) is 11.3. The molecule has 0 amide bonds. The van der Waals surface area contributed by atoms with E-state index in [0.29, 0.717) is 0 Å². The van der Waals surface area contributed by atoms with E-state index in [4.69, 9.17) is 0 Å². The molecule has 0 N–H and O–H groups in total. The molecule has 1 atom stereocenters. The summed E-state index contributed by atoms with van der Waals surface area (Å²) in [6.45, 7) is 6.66. The molecule has 3 aromatic rings. The lowest BCUT2D eigenvalue weighted by Gasteiger charge is -2.18. The Bertz CT molecular complexity index is 1130. The van der Waals surface area contributed by atoms with Gasteiger partial charge >= 0.3 is 0 Å². The van der Waals surface area contributed by atoms with Gasteiger partial charge in [-0.25, -0.2) is 0 Å². The third kappa shape index (κ3) is 3.86. The van der Waals surface area contributed by atoms with Crippen LogP contribution in [0.1, 0.15) is 44.6 Å². The van der Waals surface area contributed by atoms with Crippen LogP contribution in [-0.4, -0.2) is 38.9 Å². The Balaban J connectivity index is 1.37. The van der Waals surface area contributed by atoms with Gasteiger partial charge in [-0.2, -0.15) is 5.10 Å². The number of fused-ring (bicyclic) bond motifs is 1. The molecule has 0 spiro atoms. The summed E-state index contributed by atoms with van der Waals surface area (Å²) in [6, 6.07) is 10.0. The molecule has 0 bridgehead atoms. The van der Waals surface area contributed by atoms with Crippen molar-refractivity contribution in [2.75, 3.05) is 19.6 Å². The molecule has 1 fully saturated rings. The highest BCUT2D eigenvalue weighted by Gasteiger charge is 2.14. The number of allylic oxidation sites excluding steroid dienone is 2. The molecule has 0 saturated carbocycles. The maximum atomic E-state index is 12.8. The van der Waals surface area contributed by atoms with Crippen LogP contribution in [0.15, 0.2) is 53.6 Å². The van der Waals surface area contributed by atoms with E-state index in [1.54, 1.807) is 10.6 Å². The molecule has 1 aliphatic heterocycles. The zero-order chi connectivity index (χ0) is 20.5. The maximum absolute atomic E-state index is 12.8. The second kappa shape index (κ2) is 8.23. The van der Waals surface area contributed by atoms with Gasteiger partial charge in [0.15, 0.2) is 0 Å². The molecular weight excluding hydrogens is 372 g/mol. The van der Waals surface area contributed by atoms with Crippen molar-refractivity contribution in [2.45, 2.75) is 45.6 Å². The van der Waals surface area contributed by atoms with Crippen LogP contribution in [0.5, 0.6) is 0 Å². The first-order chi connectivity index (χ1) is 14.7. The molecule has 1 aromatic carbocycles. The highest BCUT2D eigenvalue weighted by Crippen LogP contribution is 2.29. The minimum Gasteiger partial charge on any atom is -0.301 e. The number of benzene rings is 1. The van der Waals surface area contributed by atoms with Gasteiger partial charge in [0.2, 0.25) is 0 Å². The molecule has 5 heteroatoms. The first-order valence-corrected chi connectivity index (χ1v) is 11.3. The Morgan fingerprint density at radius 3 is 2.73 bits per heavy atom. The Morgan fingerprint density at radius 2 is 1.97 bits per heavy atom. The second-order valence-corrected chi connectivity index (χ2v) is 8.89. The van der Waals surface area contributed by atoms with E-state index < -0.39 is 0 Å². The summed E-state index contributed by atoms with van der Waals surface area (Å²) in [5.41, 5.74) is 4.42. The number of nitrogens with zero attached hydrogens (tertiary/aromatic N) is 4. The van der Waals surface area contributed by atoms with Crippen molar-refractivity contribution >= 4 is 16.5 Å². The summed E-state index contributed by atoms with van der Waals surface area (Å²) in [5.74, 6) is 0.747. The zero-order valence-electron chi connectivity index (χ0n) is 17.8. The van der Waals surface area contributed by atoms with Crippen LogP contribution >= 0.6 is 0 Å². The van der Waals surface area contributed by atoms with Crippen LogP contribution < -0.4 is 5.56 Å². The Morgan fingerprint density at radius 1 is 1.10 bits per heavy atom. The Labute approximate surface area is 177 Å². The standard InChI is InChI=1S/C25H30N4O/c1-19-4-6-20(7-5-19)21-10-13-28(25(30)17-21)23-8-9-24-22(16-23)18-26-29(24)15-14-27-11-2-3-12-27/h6,8-10,13,16-19H,2-5,7,11-12,14-15H2,1H3. The molecule has 5 rings (SSSR count). The molecule has 1 saturated heterocycles. The predicted octanol–water partition coefficient (Wildman–Crippen LogP) is 4.49. The normalized spacial score (nSPS) is 20.0. The summed E-state index contributed by atoms with van der Waals surface area (Å²) in [4.78, 5) is 15.4. The monoisotopic (exact) mass is 402 g/mol. The largest absolute Gasteiger partial charge is 0.301 e. The molecule has 5 nitrogen and oxygen atoms in total. The zero-order valence-corrected chi connectivity index (χ0v) is 17.8. The van der Waals surface area contributed by atoms with E-state index in [1.807, 2.05) is 18.5 Å². The Kier molecular flexibility index (Phi) is 5.30. The van der Waals surface area contributed by atoms with Crippen molar-refractivity contribution in [1.29, 1.82) is 0 Å². The molecule has 156 valence electrons. The van der Waals surface area contributed by atoms with Crippen LogP contribution in [0.4, 0.5) is 0 Å². The fourth-order valence-corrected chi connectivity index (χ4v) is 4.76. The molecule has 1 aliphatic carbocycles. The summed E-state index contributed by atoms with van der Waals surface area (Å²) >= 11 is 0. The van der Waals surface area contributed by atoms with Crippen LogP contribution in [0.3, 0.4) is 0 Å². The van der Waals surface area contributed by atoms with Gasteiger partial charge in [-0.1, -0.05) is 13.0 Å². The molecular formula is C25H30N4O. The average molecular weight is 403 g/mol. The summed E-state index contributed by atoms with van der Waals surface area (Å²) in [6.07, 6.45) is 12.1. The smallest absolute Gasteiger partial charge is 0.255 e. The van der Waals surface area contributed by atoms with E-state index in [0.717, 1.165) is 54.0 Å². The lowest BCUT2D eigenvalue weighted by molar-refractivity contribution is 0.318. The third-order valence-electron chi connectivity index (χ3n) is 6.69. The molecule has 2 aliphatic rings. The highest BCUT2D eigenvalue weighted by atomic mass is 16.1. The van der Waals surface area contributed by atoms with Crippen molar-refractivity contribution in [3.8, 4) is 5.69 Å². The number of hydrogen-bond acceptors (Lipinski definition) is 3. The predicted molar refractivity (Wildman–Crippen MR) is 122 cm³/mol. The van der Waals surface area contributed by atoms with Gasteiger partial charge in [-0.3, -0.25) is 14.0 Å². The van der Waals surface area contributed by atoms with E-state index >= 15 is 0 Å². The fourth-order valence-electron chi connectivity index (χ4n) is 4.76. The topological polar surface area (TPSA) is 43.1 Å². The first kappa shape index (κ1) is 19.3. The van der Waals surface area contributed by atoms with Crippen LogP contribution in [-0.2, 0) is 6.54 Å². The summed E-state index contributed by atoms with van der Waals surface area (Å²) < 4.78 is 3.82. The number of likely N-dealkylation sites (tertiary alicyclic amines) is 1. The van der Waals surface area contributed by atoms with E-state index in [1.165, 1.54) is 37.9 Å².